The van der Waals surface area contributed by atoms with E-state index in [0.717, 1.165) is 10.0 Å². The van der Waals surface area contributed by atoms with Gasteiger partial charge in [-0.25, -0.2) is 0 Å². The second kappa shape index (κ2) is 3.91. The Morgan fingerprint density at radius 2 is 1.31 bits per heavy atom. The molecule has 0 atom stereocenters. The quantitative estimate of drug-likeness (QED) is 0.691. The van der Waals surface area contributed by atoms with Crippen LogP contribution in [0.1, 0.15) is 12.8 Å². The van der Waals surface area contributed by atoms with Crippen molar-refractivity contribution in [2.75, 3.05) is 0 Å². The molecule has 16 heavy (non-hydrogen) atoms. The number of hydrogen-bond acceptors (Lipinski definition) is 0. The summed E-state index contributed by atoms with van der Waals surface area (Å²) in [6, 6.07) is 16.5. The van der Waals surface area contributed by atoms with E-state index >= 15 is 0 Å². The van der Waals surface area contributed by atoms with Crippen molar-refractivity contribution in [3.8, 4) is 11.1 Å². The predicted octanol–water partition coefficient (Wildman–Crippen LogP) is 4.77. The van der Waals surface area contributed by atoms with Crippen molar-refractivity contribution in [2.24, 2.45) is 0 Å². The van der Waals surface area contributed by atoms with Crippen LogP contribution in [0.4, 0.5) is 0 Å². The fourth-order valence-corrected chi connectivity index (χ4v) is 2.00. The molecule has 2 aromatic carbocycles. The van der Waals surface area contributed by atoms with Crippen LogP contribution in [0.15, 0.2) is 65.2 Å². The maximum atomic E-state index is 7.97. The van der Waals surface area contributed by atoms with E-state index in [-0.39, 0.29) is 0 Å². The molecular formula is C15H11Br. The Morgan fingerprint density at radius 1 is 0.812 bits per heavy atom. The molecule has 0 unspecified atom stereocenters. The van der Waals surface area contributed by atoms with Crippen LogP contribution in [0.25, 0.3) is 11.1 Å². The third-order valence-corrected chi connectivity index (χ3v) is 3.26. The van der Waals surface area contributed by atoms with Crippen molar-refractivity contribution >= 4 is 15.9 Å². The maximum absolute atomic E-state index is 7.97. The Kier molecular flexibility index (Phi) is 2.14. The van der Waals surface area contributed by atoms with Crippen LogP contribution in [0.5, 0.6) is 0 Å². The zero-order chi connectivity index (χ0) is 11.9. The molecule has 0 heterocycles. The van der Waals surface area contributed by atoms with E-state index < -0.39 is 5.89 Å². The van der Waals surface area contributed by atoms with Gasteiger partial charge in [-0.1, -0.05) is 64.5 Å². The van der Waals surface area contributed by atoms with Crippen LogP contribution in [0.3, 0.4) is 0 Å². The summed E-state index contributed by atoms with van der Waals surface area (Å²) < 4.78 is 9.06. The maximum Gasteiger partial charge on any atom is 0.0440 e. The first-order chi connectivity index (χ1) is 8.17. The lowest BCUT2D eigenvalue weighted by atomic mass is 10.0. The van der Waals surface area contributed by atoms with Gasteiger partial charge >= 0.3 is 0 Å². The van der Waals surface area contributed by atoms with Gasteiger partial charge in [0.05, 0.1) is 0 Å². The minimum Gasteiger partial charge on any atom is -0.0763 e. The number of benzene rings is 2. The van der Waals surface area contributed by atoms with Gasteiger partial charge in [-0.05, 0) is 28.8 Å². The van der Waals surface area contributed by atoms with Gasteiger partial charge in [0.2, 0.25) is 0 Å². The fourth-order valence-electron chi connectivity index (χ4n) is 1.73. The average Bonchev–Trinajstić information content (AvgIpc) is 3.10. The molecule has 3 rings (SSSR count). The van der Waals surface area contributed by atoms with Gasteiger partial charge < -0.3 is 0 Å². The average molecular weight is 272 g/mol. The van der Waals surface area contributed by atoms with Gasteiger partial charge in [-0.2, -0.15) is 0 Å². The third kappa shape index (κ3) is 1.96. The van der Waals surface area contributed by atoms with Crippen LogP contribution in [0, 0.1) is 0 Å². The Hall–Kier alpha value is -1.34. The van der Waals surface area contributed by atoms with Crippen LogP contribution >= 0.6 is 15.9 Å². The zero-order valence-electron chi connectivity index (χ0n) is 9.65. The molecular weight excluding hydrogens is 260 g/mol. The molecule has 1 aliphatic rings. The summed E-state index contributed by atoms with van der Waals surface area (Å²) in [5.41, 5.74) is 3.42. The summed E-state index contributed by atoms with van der Waals surface area (Å²) >= 11 is 3.43. The summed E-state index contributed by atoms with van der Waals surface area (Å²) in [5.74, 6) is -0.530. The normalized spacial score (nSPS) is 16.9. The van der Waals surface area contributed by atoms with E-state index in [4.69, 9.17) is 1.37 Å². The second-order valence-electron chi connectivity index (χ2n) is 3.87. The van der Waals surface area contributed by atoms with Crippen LogP contribution < -0.4 is 0 Å². The molecule has 0 bridgehead atoms. The van der Waals surface area contributed by atoms with E-state index in [9.17, 15) is 0 Å². The van der Waals surface area contributed by atoms with E-state index in [0.29, 0.717) is 0 Å². The number of allylic oxidation sites excluding steroid dienone is 2. The van der Waals surface area contributed by atoms with E-state index in [2.05, 4.69) is 40.2 Å². The smallest absolute Gasteiger partial charge is 0.0440 e. The van der Waals surface area contributed by atoms with Gasteiger partial charge in [-0.15, -0.1) is 0 Å². The molecule has 0 radical (unpaired) electrons. The highest BCUT2D eigenvalue weighted by molar-refractivity contribution is 9.10. The number of halogens is 1. The van der Waals surface area contributed by atoms with E-state index in [1.807, 2.05) is 36.4 Å². The molecule has 0 nitrogen and oxygen atoms in total. The first-order valence-electron chi connectivity index (χ1n) is 5.74. The summed E-state index contributed by atoms with van der Waals surface area (Å²) in [6.45, 7) is 0. The lowest BCUT2D eigenvalue weighted by Gasteiger charge is -2.04. The molecule has 78 valence electrons. The van der Waals surface area contributed by atoms with Crippen molar-refractivity contribution in [2.45, 2.75) is 5.89 Å². The highest BCUT2D eigenvalue weighted by Gasteiger charge is 2.12. The molecule has 0 fully saturated rings. The molecule has 0 N–H and O–H groups in total. The molecule has 0 aliphatic heterocycles. The van der Waals surface area contributed by atoms with Crippen LogP contribution in [0.2, 0.25) is 0 Å². The Bertz CT molecular complexity index is 561. The van der Waals surface area contributed by atoms with Gasteiger partial charge in [0.1, 0.15) is 0 Å². The second-order valence-corrected chi connectivity index (χ2v) is 4.79. The van der Waals surface area contributed by atoms with Crippen molar-refractivity contribution in [3.63, 3.8) is 0 Å². The fraction of sp³-hybridized carbons (Fsp3) is 0.0667. The first kappa shape index (κ1) is 8.77. The van der Waals surface area contributed by atoms with E-state index in [1.165, 1.54) is 11.1 Å². The van der Waals surface area contributed by atoms with Gasteiger partial charge in [-0.3, -0.25) is 0 Å². The summed E-state index contributed by atoms with van der Waals surface area (Å²) in [5, 5.41) is 0. The van der Waals surface area contributed by atoms with Gasteiger partial charge in [0.15, 0.2) is 0 Å². The lowest BCUT2D eigenvalue weighted by Crippen LogP contribution is -1.81. The topological polar surface area (TPSA) is 0 Å². The van der Waals surface area contributed by atoms with Gasteiger partial charge in [0.25, 0.3) is 0 Å². The molecule has 0 spiro atoms. The summed E-state index contributed by atoms with van der Waals surface area (Å²) in [6.07, 6.45) is 3.81. The largest absolute Gasteiger partial charge is 0.0763 e. The van der Waals surface area contributed by atoms with Crippen molar-refractivity contribution < 1.29 is 1.37 Å². The van der Waals surface area contributed by atoms with Gasteiger partial charge in [0, 0.05) is 11.7 Å². The molecule has 2 aromatic rings. The van der Waals surface area contributed by atoms with E-state index in [1.54, 1.807) is 0 Å². The Balaban J connectivity index is 1.92. The minimum atomic E-state index is -0.530. The summed E-state index contributed by atoms with van der Waals surface area (Å²) in [7, 11) is 0. The zero-order valence-corrected chi connectivity index (χ0v) is 10.2. The monoisotopic (exact) mass is 271 g/mol. The SMILES string of the molecule is [2H]C1(c2ccc(-c3ccc(Br)cc3)cc2)C=C1. The lowest BCUT2D eigenvalue weighted by molar-refractivity contribution is 1.24. The van der Waals surface area contributed by atoms with Crippen LogP contribution in [-0.4, -0.2) is 0 Å². The number of rotatable bonds is 2. The van der Waals surface area contributed by atoms with Crippen molar-refractivity contribution in [1.29, 1.82) is 0 Å². The Labute approximate surface area is 105 Å². The standard InChI is InChI=1S/C15H11Br/c16-15-9-7-14(8-10-15)13-5-3-12(4-6-13)11-1-2-11/h1-11H/i11D. The molecule has 1 heteroatoms. The highest BCUT2D eigenvalue weighted by atomic mass is 79.9. The Morgan fingerprint density at radius 3 is 1.81 bits per heavy atom. The van der Waals surface area contributed by atoms with Crippen molar-refractivity contribution in [3.05, 3.63) is 70.7 Å². The molecule has 1 aliphatic carbocycles. The first-order valence-corrected chi connectivity index (χ1v) is 6.04. The molecule has 0 saturated carbocycles. The third-order valence-electron chi connectivity index (χ3n) is 2.73. The minimum absolute atomic E-state index is 0.530. The molecule has 0 aromatic heterocycles. The number of hydrogen-bond donors (Lipinski definition) is 0. The van der Waals surface area contributed by atoms with Crippen molar-refractivity contribution in [1.82, 2.24) is 0 Å². The predicted molar refractivity (Wildman–Crippen MR) is 71.5 cm³/mol. The molecule has 0 saturated heterocycles. The van der Waals surface area contributed by atoms with Crippen LogP contribution in [-0.2, 0) is 0 Å². The summed E-state index contributed by atoms with van der Waals surface area (Å²) in [4.78, 5) is 0. The molecule has 0 amide bonds. The highest BCUT2D eigenvalue weighted by Crippen LogP contribution is 2.31.